The molecule has 1 atom stereocenters. The molecule has 2 heterocycles. The Morgan fingerprint density at radius 1 is 1.44 bits per heavy atom. The minimum absolute atomic E-state index is 0.0229. The first-order valence-electron chi connectivity index (χ1n) is 10.3. The lowest BCUT2D eigenvalue weighted by Gasteiger charge is -2.39. The number of nitrogens with zero attached hydrogens (tertiary/aromatic N) is 4. The van der Waals surface area contributed by atoms with Crippen molar-refractivity contribution in [3.63, 3.8) is 0 Å². The summed E-state index contributed by atoms with van der Waals surface area (Å²) in [6.07, 6.45) is 1.71. The lowest BCUT2D eigenvalue weighted by Crippen LogP contribution is -2.46. The van der Waals surface area contributed by atoms with Crippen molar-refractivity contribution in [1.29, 1.82) is 5.26 Å². The maximum Gasteiger partial charge on any atom is 0.329 e. The molecule has 1 aliphatic heterocycles. The number of carbonyl (C=O) groups excluding carboxylic acids is 1. The van der Waals surface area contributed by atoms with Gasteiger partial charge in [0.05, 0.1) is 11.8 Å². The van der Waals surface area contributed by atoms with Crippen molar-refractivity contribution in [2.75, 3.05) is 18.0 Å². The standard InChI is InChI=1S/C22H26BClFN4O2Si/c1-21(2,3)32(5,6)31-12-22(4)11-29(23-13-30)19-15(9-26)7-14(8-16(19)22)18-17(25)10-27-20(24)28-18/h7-8,10,13H,11-12H2,1-6H3. The second kappa shape index (κ2) is 8.58. The fourth-order valence-electron chi connectivity index (χ4n) is 3.59. The van der Waals surface area contributed by atoms with E-state index in [-0.39, 0.29) is 16.0 Å². The quantitative estimate of drug-likeness (QED) is 0.345. The zero-order valence-electron chi connectivity index (χ0n) is 19.2. The van der Waals surface area contributed by atoms with Gasteiger partial charge in [-0.1, -0.05) is 27.7 Å². The molecule has 0 amide bonds. The van der Waals surface area contributed by atoms with Gasteiger partial charge in [0.1, 0.15) is 17.9 Å². The normalized spacial score (nSPS) is 18.3. The summed E-state index contributed by atoms with van der Waals surface area (Å²) in [5.74, 6) is -0.633. The van der Waals surface area contributed by atoms with Crippen LogP contribution in [0.2, 0.25) is 23.4 Å². The highest BCUT2D eigenvalue weighted by Crippen LogP contribution is 2.46. The van der Waals surface area contributed by atoms with Crippen LogP contribution in [-0.2, 0) is 14.6 Å². The highest BCUT2D eigenvalue weighted by molar-refractivity contribution is 6.74. The summed E-state index contributed by atoms with van der Waals surface area (Å²) in [6.45, 7) is 13.8. The van der Waals surface area contributed by atoms with Crippen LogP contribution in [0.25, 0.3) is 11.3 Å². The molecule has 167 valence electrons. The summed E-state index contributed by atoms with van der Waals surface area (Å²) in [7, 11) is -0.643. The van der Waals surface area contributed by atoms with Gasteiger partial charge in [-0.05, 0) is 47.4 Å². The maximum atomic E-state index is 14.5. The van der Waals surface area contributed by atoms with E-state index in [0.29, 0.717) is 36.2 Å². The van der Waals surface area contributed by atoms with E-state index in [1.54, 1.807) is 10.9 Å². The largest absolute Gasteiger partial charge is 0.416 e. The van der Waals surface area contributed by atoms with Crippen molar-refractivity contribution in [3.05, 3.63) is 40.6 Å². The van der Waals surface area contributed by atoms with E-state index in [1.165, 1.54) is 7.41 Å². The van der Waals surface area contributed by atoms with Crippen LogP contribution < -0.4 is 4.81 Å². The van der Waals surface area contributed by atoms with E-state index in [9.17, 15) is 14.4 Å². The summed E-state index contributed by atoms with van der Waals surface area (Å²) in [5, 5.41) is 9.81. The molecular formula is C22H26BClFN4O2Si. The Morgan fingerprint density at radius 3 is 2.72 bits per heavy atom. The number of fused-ring (bicyclic) bond motifs is 1. The minimum atomic E-state index is -2.06. The lowest BCUT2D eigenvalue weighted by molar-refractivity contribution is 0.219. The van der Waals surface area contributed by atoms with Crippen molar-refractivity contribution in [2.24, 2.45) is 0 Å². The van der Waals surface area contributed by atoms with E-state index >= 15 is 0 Å². The fraction of sp³-hybridized carbons (Fsp3) is 0.455. The van der Waals surface area contributed by atoms with E-state index in [0.717, 1.165) is 11.8 Å². The van der Waals surface area contributed by atoms with Gasteiger partial charge in [0.2, 0.25) is 5.28 Å². The molecule has 10 heteroatoms. The molecule has 0 aliphatic carbocycles. The van der Waals surface area contributed by atoms with E-state index in [4.69, 9.17) is 16.0 Å². The molecule has 32 heavy (non-hydrogen) atoms. The van der Waals surface area contributed by atoms with Crippen LogP contribution in [0.4, 0.5) is 10.1 Å². The van der Waals surface area contributed by atoms with Crippen LogP contribution in [0.1, 0.15) is 38.8 Å². The Labute approximate surface area is 195 Å². The number of hydrogen-bond acceptors (Lipinski definition) is 6. The van der Waals surface area contributed by atoms with Gasteiger partial charge in [-0.15, -0.1) is 0 Å². The minimum Gasteiger partial charge on any atom is -0.416 e. The van der Waals surface area contributed by atoms with E-state index in [1.807, 2.05) is 13.0 Å². The summed E-state index contributed by atoms with van der Waals surface area (Å²) in [4.78, 5) is 20.8. The maximum absolute atomic E-state index is 14.5. The van der Waals surface area contributed by atoms with Crippen LogP contribution in [0, 0.1) is 17.1 Å². The monoisotopic (exact) mass is 471 g/mol. The molecule has 0 N–H and O–H groups in total. The highest BCUT2D eigenvalue weighted by atomic mass is 35.5. The van der Waals surface area contributed by atoms with Crippen LogP contribution in [0.3, 0.4) is 0 Å². The summed E-state index contributed by atoms with van der Waals surface area (Å²) in [5.41, 5.74) is 1.67. The average Bonchev–Trinajstić information content (AvgIpc) is 2.99. The second-order valence-electron chi connectivity index (χ2n) is 9.89. The SMILES string of the molecule is CC1(CO[Si](C)(C)C(C)(C)C)CN([B]C=O)c2c(C#N)cc(-c3nc(Cl)ncc3F)cc21. The third-order valence-corrected chi connectivity index (χ3v) is 11.1. The molecule has 0 bridgehead atoms. The molecule has 3 rings (SSSR count). The fourth-order valence-corrected chi connectivity index (χ4v) is 4.84. The molecule has 1 unspecified atom stereocenters. The first kappa shape index (κ1) is 24.4. The number of anilines is 1. The van der Waals surface area contributed by atoms with Gasteiger partial charge in [0.25, 0.3) is 0 Å². The molecule has 1 radical (unpaired) electrons. The van der Waals surface area contributed by atoms with E-state index in [2.05, 4.69) is 49.9 Å². The zero-order valence-corrected chi connectivity index (χ0v) is 20.9. The number of nitriles is 1. The number of carbonyl (C=O) groups is 1. The third-order valence-electron chi connectivity index (χ3n) is 6.47. The van der Waals surface area contributed by atoms with Crippen molar-refractivity contribution in [1.82, 2.24) is 9.97 Å². The number of halogens is 2. The number of hydrogen-bond donors (Lipinski definition) is 0. The van der Waals surface area contributed by atoms with Gasteiger partial charge in [-0.3, -0.25) is 0 Å². The van der Waals surface area contributed by atoms with Gasteiger partial charge in [0, 0.05) is 29.8 Å². The topological polar surface area (TPSA) is 79.1 Å². The molecule has 0 fully saturated rings. The number of benzene rings is 1. The molecule has 2 aromatic rings. The summed E-state index contributed by atoms with van der Waals surface area (Å²) >= 11 is 5.90. The molecule has 1 aromatic carbocycles. The predicted molar refractivity (Wildman–Crippen MR) is 128 cm³/mol. The Kier molecular flexibility index (Phi) is 6.53. The van der Waals surface area contributed by atoms with Crippen LogP contribution in [-0.4, -0.2) is 45.0 Å². The van der Waals surface area contributed by atoms with Gasteiger partial charge in [-0.2, -0.15) is 5.26 Å². The second-order valence-corrected chi connectivity index (χ2v) is 15.0. The third kappa shape index (κ3) is 4.45. The molecule has 1 aliphatic rings. The van der Waals surface area contributed by atoms with Crippen molar-refractivity contribution >= 4 is 39.2 Å². The van der Waals surface area contributed by atoms with Gasteiger partial charge >= 0.3 is 7.41 Å². The summed E-state index contributed by atoms with van der Waals surface area (Å²) in [6, 6.07) is 5.56. The molecule has 0 spiro atoms. The molecule has 6 nitrogen and oxygen atoms in total. The van der Waals surface area contributed by atoms with Crippen LogP contribution in [0.5, 0.6) is 0 Å². The van der Waals surface area contributed by atoms with Gasteiger partial charge < -0.3 is 14.0 Å². The van der Waals surface area contributed by atoms with Gasteiger partial charge in [0.15, 0.2) is 14.1 Å². The number of aromatic nitrogens is 2. The van der Waals surface area contributed by atoms with Crippen molar-refractivity contribution in [3.8, 4) is 17.3 Å². The van der Waals surface area contributed by atoms with E-state index < -0.39 is 19.5 Å². The van der Waals surface area contributed by atoms with Crippen LogP contribution in [0.15, 0.2) is 18.3 Å². The Morgan fingerprint density at radius 2 is 2.12 bits per heavy atom. The van der Waals surface area contributed by atoms with Crippen molar-refractivity contribution < 1.29 is 13.6 Å². The smallest absolute Gasteiger partial charge is 0.329 e. The predicted octanol–water partition coefficient (Wildman–Crippen LogP) is 4.72. The number of rotatable bonds is 6. The molecule has 0 saturated heterocycles. The molecule has 0 saturated carbocycles. The first-order valence-corrected chi connectivity index (χ1v) is 13.6. The van der Waals surface area contributed by atoms with Crippen LogP contribution >= 0.6 is 11.6 Å². The van der Waals surface area contributed by atoms with Crippen molar-refractivity contribution in [2.45, 2.75) is 51.2 Å². The molecule has 1 aromatic heterocycles. The first-order chi connectivity index (χ1) is 14.8. The Hall–Kier alpha value is -2.28. The molecular weight excluding hydrogens is 446 g/mol. The Balaban J connectivity index is 2.15. The Bertz CT molecular complexity index is 1100. The summed E-state index contributed by atoms with van der Waals surface area (Å²) < 4.78 is 21.1. The van der Waals surface area contributed by atoms with Gasteiger partial charge in [-0.25, -0.2) is 14.4 Å². The highest BCUT2D eigenvalue weighted by Gasteiger charge is 2.44. The lowest BCUT2D eigenvalue weighted by atomic mass is 9.83. The zero-order chi connectivity index (χ0) is 23.9. The average molecular weight is 472 g/mol.